The van der Waals surface area contributed by atoms with Crippen LogP contribution in [0.5, 0.6) is 5.75 Å². The Morgan fingerprint density at radius 1 is 1.46 bits per heavy atom. The zero-order valence-electron chi connectivity index (χ0n) is 7.95. The van der Waals surface area contributed by atoms with Gasteiger partial charge in [0.2, 0.25) is 0 Å². The molecule has 0 aromatic heterocycles. The molecule has 1 aromatic rings. The van der Waals surface area contributed by atoms with E-state index in [1.807, 2.05) is 25.2 Å². The summed E-state index contributed by atoms with van der Waals surface area (Å²) in [6, 6.07) is 8.23. The quantitative estimate of drug-likeness (QED) is 0.719. The maximum absolute atomic E-state index is 5.26. The van der Waals surface area contributed by atoms with Crippen molar-refractivity contribution in [1.29, 1.82) is 0 Å². The molecule has 0 aliphatic carbocycles. The molecule has 0 heterocycles. The molecule has 1 aromatic carbocycles. The van der Waals surface area contributed by atoms with Crippen molar-refractivity contribution in [1.82, 2.24) is 5.32 Å². The summed E-state index contributed by atoms with van der Waals surface area (Å²) in [6.07, 6.45) is 0. The number of ether oxygens (including phenoxy) is 1. The Morgan fingerprint density at radius 2 is 2.15 bits per heavy atom. The molecule has 13 heavy (non-hydrogen) atoms. The monoisotopic (exact) mass is 197 g/mol. The highest BCUT2D eigenvalue weighted by molar-refractivity contribution is 7.80. The molecule has 0 aliphatic heterocycles. The van der Waals surface area contributed by atoms with E-state index in [-0.39, 0.29) is 6.04 Å². The molecule has 1 unspecified atom stereocenters. The van der Waals surface area contributed by atoms with E-state index in [4.69, 9.17) is 4.74 Å². The topological polar surface area (TPSA) is 21.3 Å². The molecule has 2 nitrogen and oxygen atoms in total. The first-order valence-corrected chi connectivity index (χ1v) is 4.87. The summed E-state index contributed by atoms with van der Waals surface area (Å²) in [5, 5.41) is 3.19. The van der Waals surface area contributed by atoms with E-state index in [1.54, 1.807) is 7.11 Å². The Kier molecular flexibility index (Phi) is 4.12. The zero-order chi connectivity index (χ0) is 9.68. The summed E-state index contributed by atoms with van der Waals surface area (Å²) in [6.45, 7) is 0. The van der Waals surface area contributed by atoms with Crippen LogP contribution in [-0.2, 0) is 0 Å². The average Bonchev–Trinajstić information content (AvgIpc) is 2.20. The fourth-order valence-electron chi connectivity index (χ4n) is 1.30. The third-order valence-corrected chi connectivity index (χ3v) is 2.41. The van der Waals surface area contributed by atoms with Crippen LogP contribution >= 0.6 is 12.6 Å². The highest BCUT2D eigenvalue weighted by atomic mass is 32.1. The zero-order valence-corrected chi connectivity index (χ0v) is 8.84. The van der Waals surface area contributed by atoms with Gasteiger partial charge in [0.1, 0.15) is 5.75 Å². The van der Waals surface area contributed by atoms with Crippen LogP contribution in [0.3, 0.4) is 0 Å². The van der Waals surface area contributed by atoms with Crippen LogP contribution in [-0.4, -0.2) is 19.9 Å². The molecule has 0 fully saturated rings. The van der Waals surface area contributed by atoms with E-state index in [0.717, 1.165) is 17.1 Å². The van der Waals surface area contributed by atoms with Gasteiger partial charge in [0.05, 0.1) is 7.11 Å². The second-order valence-electron chi connectivity index (χ2n) is 2.77. The van der Waals surface area contributed by atoms with Gasteiger partial charge in [-0.3, -0.25) is 0 Å². The Morgan fingerprint density at radius 3 is 2.69 bits per heavy atom. The van der Waals surface area contributed by atoms with Crippen LogP contribution < -0.4 is 10.1 Å². The third-order valence-electron chi connectivity index (χ3n) is 2.05. The maximum atomic E-state index is 5.26. The fraction of sp³-hybridized carbons (Fsp3) is 0.400. The third kappa shape index (κ3) is 2.39. The van der Waals surface area contributed by atoms with Gasteiger partial charge in [0.25, 0.3) is 0 Å². The molecular weight excluding hydrogens is 182 g/mol. The van der Waals surface area contributed by atoms with E-state index in [9.17, 15) is 0 Å². The molecule has 72 valence electrons. The van der Waals surface area contributed by atoms with E-state index >= 15 is 0 Å². The maximum Gasteiger partial charge on any atom is 0.123 e. The first-order chi connectivity index (χ1) is 6.33. The number of thiol groups is 1. The summed E-state index contributed by atoms with van der Waals surface area (Å²) in [4.78, 5) is 0. The van der Waals surface area contributed by atoms with Crippen LogP contribution in [0.15, 0.2) is 24.3 Å². The lowest BCUT2D eigenvalue weighted by Gasteiger charge is -2.16. The Bertz CT molecular complexity index is 261. The molecule has 0 saturated carbocycles. The Balaban J connectivity index is 2.96. The van der Waals surface area contributed by atoms with Gasteiger partial charge in [-0.25, -0.2) is 0 Å². The SMILES string of the molecule is CNC(CS)c1ccccc1OC. The predicted octanol–water partition coefficient (Wildman–Crippen LogP) is 1.89. The van der Waals surface area contributed by atoms with Crippen LogP contribution in [0.4, 0.5) is 0 Å². The molecule has 0 amide bonds. The van der Waals surface area contributed by atoms with E-state index in [0.29, 0.717) is 0 Å². The number of hydrogen-bond donors (Lipinski definition) is 2. The molecule has 0 aliphatic rings. The lowest BCUT2D eigenvalue weighted by atomic mass is 10.1. The van der Waals surface area contributed by atoms with E-state index < -0.39 is 0 Å². The second-order valence-corrected chi connectivity index (χ2v) is 3.13. The standard InChI is InChI=1S/C10H15NOS/c1-11-9(7-13)8-5-3-4-6-10(8)12-2/h3-6,9,11,13H,7H2,1-2H3. The molecule has 1 rings (SSSR count). The van der Waals surface area contributed by atoms with Crippen molar-refractivity contribution < 1.29 is 4.74 Å². The predicted molar refractivity (Wildman–Crippen MR) is 58.6 cm³/mol. The van der Waals surface area contributed by atoms with Gasteiger partial charge in [-0.1, -0.05) is 18.2 Å². The average molecular weight is 197 g/mol. The van der Waals surface area contributed by atoms with Gasteiger partial charge < -0.3 is 10.1 Å². The van der Waals surface area contributed by atoms with Crippen LogP contribution in [0, 0.1) is 0 Å². The minimum Gasteiger partial charge on any atom is -0.496 e. The lowest BCUT2D eigenvalue weighted by Crippen LogP contribution is -2.18. The summed E-state index contributed by atoms with van der Waals surface area (Å²) in [5.74, 6) is 1.67. The van der Waals surface area contributed by atoms with Gasteiger partial charge in [0, 0.05) is 17.4 Å². The lowest BCUT2D eigenvalue weighted by molar-refractivity contribution is 0.404. The molecule has 1 atom stereocenters. The summed E-state index contributed by atoms with van der Waals surface area (Å²) in [7, 11) is 3.61. The van der Waals surface area contributed by atoms with Crippen molar-refractivity contribution in [2.45, 2.75) is 6.04 Å². The van der Waals surface area contributed by atoms with Gasteiger partial charge in [-0.15, -0.1) is 0 Å². The Hall–Kier alpha value is -0.670. The van der Waals surface area contributed by atoms with Gasteiger partial charge in [-0.05, 0) is 13.1 Å². The van der Waals surface area contributed by atoms with Gasteiger partial charge >= 0.3 is 0 Å². The number of hydrogen-bond acceptors (Lipinski definition) is 3. The molecule has 0 radical (unpaired) electrons. The molecule has 0 spiro atoms. The van der Waals surface area contributed by atoms with E-state index in [1.165, 1.54) is 0 Å². The second kappa shape index (κ2) is 5.14. The number of para-hydroxylation sites is 1. The van der Waals surface area contributed by atoms with Crippen molar-refractivity contribution in [3.8, 4) is 5.75 Å². The summed E-state index contributed by atoms with van der Waals surface area (Å²) < 4.78 is 5.26. The van der Waals surface area contributed by atoms with Crippen molar-refractivity contribution in [3.05, 3.63) is 29.8 Å². The van der Waals surface area contributed by atoms with Crippen LogP contribution in [0.25, 0.3) is 0 Å². The molecule has 1 N–H and O–H groups in total. The Labute approximate surface area is 84.7 Å². The first-order valence-electron chi connectivity index (χ1n) is 4.24. The van der Waals surface area contributed by atoms with Gasteiger partial charge in [-0.2, -0.15) is 12.6 Å². The highest BCUT2D eigenvalue weighted by Gasteiger charge is 2.11. The van der Waals surface area contributed by atoms with Crippen molar-refractivity contribution in [2.75, 3.05) is 19.9 Å². The summed E-state index contributed by atoms with van der Waals surface area (Å²) in [5.41, 5.74) is 1.16. The number of methoxy groups -OCH3 is 1. The molecule has 3 heteroatoms. The fourth-order valence-corrected chi connectivity index (χ4v) is 1.68. The van der Waals surface area contributed by atoms with Crippen molar-refractivity contribution >= 4 is 12.6 Å². The normalized spacial score (nSPS) is 12.5. The molecule has 0 saturated heterocycles. The first kappa shape index (κ1) is 10.4. The van der Waals surface area contributed by atoms with Gasteiger partial charge in [0.15, 0.2) is 0 Å². The van der Waals surface area contributed by atoms with Crippen LogP contribution in [0.1, 0.15) is 11.6 Å². The largest absolute Gasteiger partial charge is 0.496 e. The molecule has 0 bridgehead atoms. The van der Waals surface area contributed by atoms with E-state index in [2.05, 4.69) is 24.0 Å². The highest BCUT2D eigenvalue weighted by Crippen LogP contribution is 2.24. The van der Waals surface area contributed by atoms with Crippen molar-refractivity contribution in [3.63, 3.8) is 0 Å². The number of nitrogens with one attached hydrogen (secondary N) is 1. The summed E-state index contributed by atoms with van der Waals surface area (Å²) >= 11 is 4.28. The smallest absolute Gasteiger partial charge is 0.123 e. The van der Waals surface area contributed by atoms with Crippen molar-refractivity contribution in [2.24, 2.45) is 0 Å². The minimum absolute atomic E-state index is 0.250. The number of rotatable bonds is 4. The minimum atomic E-state index is 0.250. The number of benzene rings is 1. The molecular formula is C10H15NOS. The van der Waals surface area contributed by atoms with Crippen LogP contribution in [0.2, 0.25) is 0 Å².